The summed E-state index contributed by atoms with van der Waals surface area (Å²) in [6.45, 7) is 3.87. The fourth-order valence-electron chi connectivity index (χ4n) is 3.41. The average Bonchev–Trinajstić information content (AvgIpc) is 3.26. The summed E-state index contributed by atoms with van der Waals surface area (Å²) in [5, 5.41) is 8.74. The molecule has 3 aromatic rings. The van der Waals surface area contributed by atoms with E-state index in [1.54, 1.807) is 28.6 Å². The normalized spacial score (nSPS) is 19.9. The summed E-state index contributed by atoms with van der Waals surface area (Å²) in [5.41, 5.74) is 1.81. The Hall–Kier alpha value is -2.94. The maximum atomic E-state index is 14.9. The van der Waals surface area contributed by atoms with Gasteiger partial charge in [0.1, 0.15) is 11.6 Å². The molecule has 0 spiro atoms. The Morgan fingerprint density at radius 2 is 2.21 bits per heavy atom. The topological polar surface area (TPSA) is 77.6 Å². The molecule has 3 aromatic heterocycles. The lowest BCUT2D eigenvalue weighted by Gasteiger charge is -2.23. The lowest BCUT2D eigenvalue weighted by atomic mass is 10.1. The molecule has 0 bridgehead atoms. The van der Waals surface area contributed by atoms with Crippen LogP contribution in [0, 0.1) is 0 Å². The highest BCUT2D eigenvalue weighted by Gasteiger charge is 2.31. The molecule has 1 aliphatic rings. The van der Waals surface area contributed by atoms with E-state index in [0.29, 0.717) is 35.6 Å². The number of aromatic nitrogens is 5. The van der Waals surface area contributed by atoms with E-state index >= 15 is 0 Å². The van der Waals surface area contributed by atoms with Crippen LogP contribution < -0.4 is 4.74 Å². The highest BCUT2D eigenvalue weighted by molar-refractivity contribution is 6.34. The van der Waals surface area contributed by atoms with E-state index in [0.717, 1.165) is 5.56 Å². The molecule has 0 saturated carbocycles. The van der Waals surface area contributed by atoms with Gasteiger partial charge in [-0.3, -0.25) is 9.48 Å². The summed E-state index contributed by atoms with van der Waals surface area (Å²) in [6.07, 6.45) is 6.81. The molecule has 1 saturated heterocycles. The van der Waals surface area contributed by atoms with Crippen molar-refractivity contribution in [2.75, 3.05) is 13.1 Å². The first-order chi connectivity index (χ1) is 14.0. The number of nitrogens with zero attached hydrogens (tertiary/aromatic N) is 6. The quantitative estimate of drug-likeness (QED) is 0.609. The summed E-state index contributed by atoms with van der Waals surface area (Å²) >= 11 is 6.27. The number of fused-ring (bicyclic) bond motifs is 1. The molecule has 0 aliphatic carbocycles. The lowest BCUT2D eigenvalue weighted by molar-refractivity contribution is -0.126. The Bertz CT molecular complexity index is 1060. The Morgan fingerprint density at radius 1 is 1.38 bits per heavy atom. The molecule has 152 valence electrons. The largest absolute Gasteiger partial charge is 0.470 e. The number of carbonyl (C=O) groups is 1. The Balaban J connectivity index is 1.67. The van der Waals surface area contributed by atoms with E-state index in [2.05, 4.69) is 21.8 Å². The zero-order valence-electron chi connectivity index (χ0n) is 15.8. The van der Waals surface area contributed by atoms with Crippen molar-refractivity contribution in [2.45, 2.75) is 25.1 Å². The van der Waals surface area contributed by atoms with Crippen LogP contribution in [-0.4, -0.2) is 60.6 Å². The first-order valence-corrected chi connectivity index (χ1v) is 9.59. The van der Waals surface area contributed by atoms with Gasteiger partial charge in [-0.15, -0.1) is 0 Å². The van der Waals surface area contributed by atoms with Gasteiger partial charge in [0.15, 0.2) is 6.17 Å². The minimum Gasteiger partial charge on any atom is -0.470 e. The van der Waals surface area contributed by atoms with Crippen LogP contribution in [0.5, 0.6) is 5.88 Å². The van der Waals surface area contributed by atoms with Gasteiger partial charge in [0.2, 0.25) is 11.8 Å². The third-order valence-corrected chi connectivity index (χ3v) is 5.16. The third kappa shape index (κ3) is 3.82. The molecule has 0 N–H and O–H groups in total. The second kappa shape index (κ2) is 7.82. The van der Waals surface area contributed by atoms with Crippen LogP contribution in [0.2, 0.25) is 5.02 Å². The molecule has 2 atom stereocenters. The zero-order valence-corrected chi connectivity index (χ0v) is 16.6. The highest BCUT2D eigenvalue weighted by atomic mass is 35.5. The molecular formula is C19H20ClFN6O2. The van der Waals surface area contributed by atoms with E-state index in [-0.39, 0.29) is 18.3 Å². The van der Waals surface area contributed by atoms with Gasteiger partial charge in [-0.1, -0.05) is 18.2 Å². The van der Waals surface area contributed by atoms with E-state index in [1.165, 1.54) is 17.2 Å². The number of hydrogen-bond donors (Lipinski definition) is 0. The lowest BCUT2D eigenvalue weighted by Crippen LogP contribution is -2.38. The smallest absolute Gasteiger partial charge is 0.246 e. The van der Waals surface area contributed by atoms with Gasteiger partial charge < -0.3 is 9.64 Å². The first kappa shape index (κ1) is 19.4. The molecule has 10 heteroatoms. The van der Waals surface area contributed by atoms with E-state index in [9.17, 15) is 9.18 Å². The fourth-order valence-corrected chi connectivity index (χ4v) is 3.62. The van der Waals surface area contributed by atoms with Crippen LogP contribution in [0.4, 0.5) is 4.39 Å². The molecular weight excluding hydrogens is 399 g/mol. The van der Waals surface area contributed by atoms with Crippen molar-refractivity contribution in [1.82, 2.24) is 29.3 Å². The number of alkyl halides is 1. The average molecular weight is 419 g/mol. The summed E-state index contributed by atoms with van der Waals surface area (Å²) < 4.78 is 24.2. The van der Waals surface area contributed by atoms with E-state index in [1.807, 2.05) is 6.20 Å². The van der Waals surface area contributed by atoms with Crippen LogP contribution in [0.1, 0.15) is 12.8 Å². The second-order valence-electron chi connectivity index (χ2n) is 6.92. The Morgan fingerprint density at radius 3 is 2.93 bits per heavy atom. The summed E-state index contributed by atoms with van der Waals surface area (Å²) in [4.78, 5) is 17.9. The minimum absolute atomic E-state index is 0.0545. The van der Waals surface area contributed by atoms with Crippen molar-refractivity contribution in [3.8, 4) is 17.1 Å². The van der Waals surface area contributed by atoms with Gasteiger partial charge in [-0.25, -0.2) is 13.9 Å². The number of halogens is 2. The number of likely N-dealkylation sites (tertiary alicyclic amines) is 1. The molecule has 1 unspecified atom stereocenters. The van der Waals surface area contributed by atoms with Gasteiger partial charge in [0, 0.05) is 25.4 Å². The molecule has 4 rings (SSSR count). The number of aryl methyl sites for hydroxylation is 1. The Kier molecular flexibility index (Phi) is 5.23. The van der Waals surface area contributed by atoms with Gasteiger partial charge in [-0.05, 0) is 18.9 Å². The SMILES string of the molecule is C=CC(=O)N1CCCC(Oc2nc(-c3cnn(C)c3)cn3ncc(Cl)c23)[C@H](F)C1. The van der Waals surface area contributed by atoms with Gasteiger partial charge in [0.05, 0.1) is 35.9 Å². The van der Waals surface area contributed by atoms with Gasteiger partial charge in [0.25, 0.3) is 0 Å². The number of carbonyl (C=O) groups excluding carboxylic acids is 1. The van der Waals surface area contributed by atoms with Crippen molar-refractivity contribution >= 4 is 23.0 Å². The van der Waals surface area contributed by atoms with Crippen molar-refractivity contribution in [3.05, 3.63) is 42.5 Å². The second-order valence-corrected chi connectivity index (χ2v) is 7.33. The standard InChI is InChI=1S/C19H20ClFN6O2/c1-3-17(28)26-6-4-5-16(14(21)10-26)29-19-18-13(20)8-23-27(18)11-15(24-19)12-7-22-25(2)9-12/h3,7-9,11,14,16H,1,4-6,10H2,2H3/t14-,16?/m1/s1. The van der Waals surface area contributed by atoms with Crippen LogP contribution in [0.25, 0.3) is 16.8 Å². The predicted molar refractivity (Wildman–Crippen MR) is 106 cm³/mol. The van der Waals surface area contributed by atoms with Crippen LogP contribution >= 0.6 is 11.6 Å². The molecule has 1 fully saturated rings. The molecule has 29 heavy (non-hydrogen) atoms. The molecule has 4 heterocycles. The van der Waals surface area contributed by atoms with Crippen molar-refractivity contribution < 1.29 is 13.9 Å². The number of hydrogen-bond acceptors (Lipinski definition) is 5. The van der Waals surface area contributed by atoms with Gasteiger partial charge in [-0.2, -0.15) is 10.2 Å². The monoisotopic (exact) mass is 418 g/mol. The maximum absolute atomic E-state index is 14.9. The molecule has 0 aromatic carbocycles. The summed E-state index contributed by atoms with van der Waals surface area (Å²) in [7, 11) is 1.81. The predicted octanol–water partition coefficient (Wildman–Crippen LogP) is 2.68. The van der Waals surface area contributed by atoms with Crippen LogP contribution in [-0.2, 0) is 11.8 Å². The van der Waals surface area contributed by atoms with Crippen molar-refractivity contribution in [2.24, 2.45) is 7.05 Å². The zero-order chi connectivity index (χ0) is 20.5. The third-order valence-electron chi connectivity index (χ3n) is 4.88. The summed E-state index contributed by atoms with van der Waals surface area (Å²) in [6, 6.07) is 0. The van der Waals surface area contributed by atoms with Gasteiger partial charge >= 0.3 is 0 Å². The first-order valence-electron chi connectivity index (χ1n) is 9.21. The highest BCUT2D eigenvalue weighted by Crippen LogP contribution is 2.31. The van der Waals surface area contributed by atoms with E-state index < -0.39 is 12.3 Å². The fraction of sp³-hybridized carbons (Fsp3) is 0.368. The van der Waals surface area contributed by atoms with Crippen LogP contribution in [0.3, 0.4) is 0 Å². The molecule has 8 nitrogen and oxygen atoms in total. The maximum Gasteiger partial charge on any atom is 0.246 e. The van der Waals surface area contributed by atoms with Crippen LogP contribution in [0.15, 0.2) is 37.4 Å². The van der Waals surface area contributed by atoms with Crippen molar-refractivity contribution in [3.63, 3.8) is 0 Å². The minimum atomic E-state index is -1.37. The molecule has 1 amide bonds. The number of amides is 1. The number of rotatable bonds is 4. The molecule has 0 radical (unpaired) electrons. The Labute approximate surface area is 171 Å². The summed E-state index contributed by atoms with van der Waals surface area (Å²) in [5.74, 6) is -0.0868. The van der Waals surface area contributed by atoms with E-state index in [4.69, 9.17) is 16.3 Å². The number of ether oxygens (including phenoxy) is 1. The van der Waals surface area contributed by atoms with Crippen molar-refractivity contribution in [1.29, 1.82) is 0 Å². The molecule has 1 aliphatic heterocycles.